The Morgan fingerprint density at radius 2 is 1.88 bits per heavy atom. The summed E-state index contributed by atoms with van der Waals surface area (Å²) in [6.07, 6.45) is 6.54. The topological polar surface area (TPSA) is 34.9 Å². The third-order valence-corrected chi connectivity index (χ3v) is 7.39. The third-order valence-electron chi connectivity index (χ3n) is 4.80. The first-order valence-corrected chi connectivity index (χ1v) is 11.1. The molecule has 2 aromatic rings. The van der Waals surface area contributed by atoms with E-state index < -0.39 is 10.8 Å². The summed E-state index contributed by atoms with van der Waals surface area (Å²) in [4.78, 5) is 5.70. The van der Waals surface area contributed by atoms with Crippen LogP contribution in [0.25, 0.3) is 0 Å². The lowest BCUT2D eigenvalue weighted by Crippen LogP contribution is -2.15. The quantitative estimate of drug-likeness (QED) is 0.685. The predicted octanol–water partition coefficient (Wildman–Crippen LogP) is 4.91. The Bertz CT molecular complexity index is 691. The number of benzene rings is 1. The molecular weight excluding hydrogens is 336 g/mol. The molecule has 0 saturated heterocycles. The molecule has 1 fully saturated rings. The van der Waals surface area contributed by atoms with Crippen molar-refractivity contribution in [2.75, 3.05) is 11.5 Å². The summed E-state index contributed by atoms with van der Waals surface area (Å²) < 4.78 is 14.8. The first-order chi connectivity index (χ1) is 11.7. The third kappa shape index (κ3) is 4.12. The van der Waals surface area contributed by atoms with Crippen LogP contribution in [0.5, 0.6) is 0 Å². The second-order valence-corrected chi connectivity index (χ2v) is 9.07. The molecule has 3 nitrogen and oxygen atoms in total. The summed E-state index contributed by atoms with van der Waals surface area (Å²) in [5.74, 6) is 1.51. The van der Waals surface area contributed by atoms with E-state index in [-0.39, 0.29) is 0 Å². The van der Waals surface area contributed by atoms with Gasteiger partial charge in [0.15, 0.2) is 5.16 Å². The number of rotatable bonds is 6. The summed E-state index contributed by atoms with van der Waals surface area (Å²) in [7, 11) is -0.925. The maximum Gasteiger partial charge on any atom is 0.168 e. The van der Waals surface area contributed by atoms with Gasteiger partial charge in [-0.15, -0.1) is 0 Å². The molecule has 0 radical (unpaired) electrons. The summed E-state index contributed by atoms with van der Waals surface area (Å²) in [6, 6.07) is 10.3. The van der Waals surface area contributed by atoms with Gasteiger partial charge in [0.1, 0.15) is 0 Å². The first-order valence-electron chi connectivity index (χ1n) is 8.78. The van der Waals surface area contributed by atoms with Crippen LogP contribution in [0.15, 0.2) is 40.4 Å². The molecule has 1 aliphatic carbocycles. The highest BCUT2D eigenvalue weighted by Crippen LogP contribution is 2.34. The van der Waals surface area contributed by atoms with Gasteiger partial charge >= 0.3 is 0 Å². The van der Waals surface area contributed by atoms with E-state index in [9.17, 15) is 4.21 Å². The van der Waals surface area contributed by atoms with Crippen LogP contribution in [0.1, 0.15) is 49.5 Å². The number of thioether (sulfide) groups is 1. The minimum absolute atomic E-state index is 0.599. The molecule has 0 spiro atoms. The molecule has 0 unspecified atom stereocenters. The molecular formula is C19H26N2OS2. The monoisotopic (exact) mass is 362 g/mol. The minimum atomic E-state index is -0.925. The van der Waals surface area contributed by atoms with E-state index >= 15 is 0 Å². The number of aryl methyl sites for hydroxylation is 1. The normalized spacial score (nSPS) is 17.1. The Labute approximate surface area is 151 Å². The average Bonchev–Trinajstić information content (AvgIpc) is 2.90. The lowest BCUT2D eigenvalue weighted by atomic mass is 9.95. The Hall–Kier alpha value is -1.07. The fourth-order valence-electron chi connectivity index (χ4n) is 3.37. The van der Waals surface area contributed by atoms with E-state index in [0.29, 0.717) is 11.8 Å². The van der Waals surface area contributed by atoms with Crippen molar-refractivity contribution in [3.63, 3.8) is 0 Å². The van der Waals surface area contributed by atoms with Gasteiger partial charge in [-0.2, -0.15) is 0 Å². The van der Waals surface area contributed by atoms with E-state index in [1.54, 1.807) is 11.8 Å². The average molecular weight is 363 g/mol. The zero-order valence-electron chi connectivity index (χ0n) is 14.5. The zero-order chi connectivity index (χ0) is 16.9. The van der Waals surface area contributed by atoms with Crippen LogP contribution in [0.2, 0.25) is 0 Å². The van der Waals surface area contributed by atoms with Gasteiger partial charge in [0.05, 0.1) is 16.5 Å². The molecule has 0 N–H and O–H groups in total. The standard InChI is InChI=1S/C19H26N2OS2/c1-15-16(2)21(17-9-5-3-6-10-17)19(20-15)23-13-14-24(22)18-11-7-4-8-12-18/h4,7-8,11-12,17H,3,5-6,9-10,13-14H2,1-2H3/t24-/m1/s1. The van der Waals surface area contributed by atoms with Crippen LogP contribution in [0.4, 0.5) is 0 Å². The van der Waals surface area contributed by atoms with E-state index in [2.05, 4.69) is 18.4 Å². The molecule has 1 aromatic carbocycles. The van der Waals surface area contributed by atoms with Gasteiger partial charge in [0.25, 0.3) is 0 Å². The van der Waals surface area contributed by atoms with Crippen LogP contribution in [-0.2, 0) is 10.8 Å². The summed E-state index contributed by atoms with van der Waals surface area (Å²) in [6.45, 7) is 4.28. The van der Waals surface area contributed by atoms with Gasteiger partial charge in [-0.05, 0) is 38.8 Å². The number of hydrogen-bond donors (Lipinski definition) is 0. The van der Waals surface area contributed by atoms with Crippen molar-refractivity contribution in [3.8, 4) is 0 Å². The molecule has 1 aromatic heterocycles. The fraction of sp³-hybridized carbons (Fsp3) is 0.526. The van der Waals surface area contributed by atoms with Gasteiger partial charge in [0.2, 0.25) is 0 Å². The summed E-state index contributed by atoms with van der Waals surface area (Å²) in [5, 5.41) is 1.11. The second-order valence-electron chi connectivity index (χ2n) is 6.44. The molecule has 0 amide bonds. The molecule has 3 rings (SSSR count). The largest absolute Gasteiger partial charge is 0.320 e. The molecule has 1 atom stereocenters. The Morgan fingerprint density at radius 3 is 2.58 bits per heavy atom. The molecule has 5 heteroatoms. The van der Waals surface area contributed by atoms with Crippen molar-refractivity contribution in [1.29, 1.82) is 0 Å². The smallest absolute Gasteiger partial charge is 0.168 e. The molecule has 1 heterocycles. The molecule has 0 aliphatic heterocycles. The van der Waals surface area contributed by atoms with Crippen molar-refractivity contribution in [3.05, 3.63) is 41.7 Å². The Morgan fingerprint density at radius 1 is 1.17 bits per heavy atom. The highest BCUT2D eigenvalue weighted by molar-refractivity contribution is 8.00. The van der Waals surface area contributed by atoms with Crippen molar-refractivity contribution in [2.45, 2.75) is 62.0 Å². The Kier molecular flexibility index (Phi) is 6.17. The maximum atomic E-state index is 12.4. The minimum Gasteiger partial charge on any atom is -0.320 e. The van der Waals surface area contributed by atoms with Crippen LogP contribution in [-0.4, -0.2) is 25.3 Å². The van der Waals surface area contributed by atoms with Crippen molar-refractivity contribution in [1.82, 2.24) is 9.55 Å². The van der Waals surface area contributed by atoms with E-state index in [0.717, 1.165) is 21.5 Å². The van der Waals surface area contributed by atoms with E-state index in [4.69, 9.17) is 4.98 Å². The fourth-order valence-corrected chi connectivity index (χ4v) is 5.81. The van der Waals surface area contributed by atoms with Gasteiger partial charge in [-0.25, -0.2) is 4.98 Å². The lowest BCUT2D eigenvalue weighted by Gasteiger charge is -2.26. The lowest BCUT2D eigenvalue weighted by molar-refractivity contribution is 0.332. The Balaban J connectivity index is 1.65. The van der Waals surface area contributed by atoms with E-state index in [1.165, 1.54) is 37.8 Å². The molecule has 24 heavy (non-hydrogen) atoms. The van der Waals surface area contributed by atoms with Crippen molar-refractivity contribution < 1.29 is 4.21 Å². The number of aromatic nitrogens is 2. The SMILES string of the molecule is Cc1nc(SCC[S@@](=O)c2ccccc2)n(C2CCCCC2)c1C. The second kappa shape index (κ2) is 8.34. The number of nitrogens with zero attached hydrogens (tertiary/aromatic N) is 2. The summed E-state index contributed by atoms with van der Waals surface area (Å²) in [5.41, 5.74) is 2.43. The molecule has 1 aliphatic rings. The highest BCUT2D eigenvalue weighted by atomic mass is 32.2. The van der Waals surface area contributed by atoms with Crippen LogP contribution in [0.3, 0.4) is 0 Å². The maximum absolute atomic E-state index is 12.4. The predicted molar refractivity (Wildman–Crippen MR) is 102 cm³/mol. The summed E-state index contributed by atoms with van der Waals surface area (Å²) >= 11 is 1.76. The van der Waals surface area contributed by atoms with Gasteiger partial charge in [0, 0.05) is 28.1 Å². The van der Waals surface area contributed by atoms with Crippen LogP contribution in [0, 0.1) is 13.8 Å². The van der Waals surface area contributed by atoms with Gasteiger partial charge in [-0.1, -0.05) is 49.2 Å². The van der Waals surface area contributed by atoms with Gasteiger partial charge < -0.3 is 4.57 Å². The molecule has 1 saturated carbocycles. The van der Waals surface area contributed by atoms with Crippen molar-refractivity contribution >= 4 is 22.6 Å². The van der Waals surface area contributed by atoms with Crippen LogP contribution >= 0.6 is 11.8 Å². The molecule has 0 bridgehead atoms. The zero-order valence-corrected chi connectivity index (χ0v) is 16.2. The van der Waals surface area contributed by atoms with Crippen molar-refractivity contribution in [2.24, 2.45) is 0 Å². The first kappa shape index (κ1) is 17.7. The number of hydrogen-bond acceptors (Lipinski definition) is 3. The van der Waals surface area contributed by atoms with Crippen LogP contribution < -0.4 is 0 Å². The van der Waals surface area contributed by atoms with Gasteiger partial charge in [-0.3, -0.25) is 4.21 Å². The highest BCUT2D eigenvalue weighted by Gasteiger charge is 2.22. The molecule has 130 valence electrons. The number of imidazole rings is 1. The van der Waals surface area contributed by atoms with E-state index in [1.807, 2.05) is 30.3 Å².